The third-order valence-electron chi connectivity index (χ3n) is 4.03. The maximum Gasteiger partial charge on any atom is 0.209 e. The molecule has 1 saturated heterocycles. The molecule has 2 heteroatoms. The van der Waals surface area contributed by atoms with Crippen molar-refractivity contribution in [1.29, 1.82) is 0 Å². The Hall–Kier alpha value is -0.530. The lowest BCUT2D eigenvalue weighted by molar-refractivity contribution is -0.123. The van der Waals surface area contributed by atoms with E-state index in [-0.39, 0.29) is 0 Å². The number of carbonyl (C=O) groups is 1. The summed E-state index contributed by atoms with van der Waals surface area (Å²) in [6.45, 7) is 11.0. The molecule has 0 aromatic carbocycles. The Labute approximate surface area is 87.7 Å². The lowest BCUT2D eigenvalue weighted by Gasteiger charge is -2.47. The highest BCUT2D eigenvalue weighted by Crippen LogP contribution is 2.43. The van der Waals surface area contributed by atoms with Crippen LogP contribution in [0, 0.1) is 17.3 Å². The summed E-state index contributed by atoms with van der Waals surface area (Å²) in [5.74, 6) is 1.32. The standard InChI is InChI=1S/C12H23NO/c1-10(2)12(11(3)4)6-5-7-13(8-12)9-14/h9-11H,5-8H2,1-4H3. The van der Waals surface area contributed by atoms with Crippen LogP contribution >= 0.6 is 0 Å². The highest BCUT2D eigenvalue weighted by molar-refractivity contribution is 5.47. The predicted octanol–water partition coefficient (Wildman–Crippen LogP) is 2.54. The van der Waals surface area contributed by atoms with Gasteiger partial charge in [-0.2, -0.15) is 0 Å². The number of rotatable bonds is 3. The van der Waals surface area contributed by atoms with Crippen LogP contribution < -0.4 is 0 Å². The summed E-state index contributed by atoms with van der Waals surface area (Å²) in [7, 11) is 0. The smallest absolute Gasteiger partial charge is 0.209 e. The Morgan fingerprint density at radius 3 is 2.21 bits per heavy atom. The summed E-state index contributed by atoms with van der Waals surface area (Å²) in [5, 5.41) is 0. The van der Waals surface area contributed by atoms with Crippen LogP contribution in [0.4, 0.5) is 0 Å². The topological polar surface area (TPSA) is 20.3 Å². The van der Waals surface area contributed by atoms with Crippen molar-refractivity contribution in [3.8, 4) is 0 Å². The van der Waals surface area contributed by atoms with Gasteiger partial charge in [0.2, 0.25) is 6.41 Å². The Kier molecular flexibility index (Phi) is 3.57. The molecule has 1 rings (SSSR count). The van der Waals surface area contributed by atoms with Crippen molar-refractivity contribution in [2.24, 2.45) is 17.3 Å². The summed E-state index contributed by atoms with van der Waals surface area (Å²) in [6.07, 6.45) is 3.44. The van der Waals surface area contributed by atoms with E-state index in [4.69, 9.17) is 0 Å². The first kappa shape index (κ1) is 11.5. The molecule has 0 atom stereocenters. The number of amides is 1. The zero-order valence-corrected chi connectivity index (χ0v) is 9.92. The second-order valence-corrected chi connectivity index (χ2v) is 5.22. The van der Waals surface area contributed by atoms with Gasteiger partial charge in [0.25, 0.3) is 0 Å². The Morgan fingerprint density at radius 1 is 1.21 bits per heavy atom. The third kappa shape index (κ3) is 1.94. The van der Waals surface area contributed by atoms with E-state index in [1.807, 2.05) is 4.90 Å². The minimum atomic E-state index is 0.346. The lowest BCUT2D eigenvalue weighted by atomic mass is 9.64. The second kappa shape index (κ2) is 4.33. The fourth-order valence-corrected chi connectivity index (χ4v) is 2.85. The van der Waals surface area contributed by atoms with Gasteiger partial charge in [-0.25, -0.2) is 0 Å². The molecular weight excluding hydrogens is 174 g/mol. The van der Waals surface area contributed by atoms with Crippen LogP contribution in [0.3, 0.4) is 0 Å². The highest BCUT2D eigenvalue weighted by atomic mass is 16.1. The van der Waals surface area contributed by atoms with E-state index in [2.05, 4.69) is 27.7 Å². The molecule has 0 radical (unpaired) electrons. The second-order valence-electron chi connectivity index (χ2n) is 5.22. The van der Waals surface area contributed by atoms with Crippen LogP contribution in [0.2, 0.25) is 0 Å². The van der Waals surface area contributed by atoms with Crippen LogP contribution in [0.1, 0.15) is 40.5 Å². The summed E-state index contributed by atoms with van der Waals surface area (Å²) in [5.41, 5.74) is 0.346. The van der Waals surface area contributed by atoms with Gasteiger partial charge in [-0.15, -0.1) is 0 Å². The fraction of sp³-hybridized carbons (Fsp3) is 0.917. The van der Waals surface area contributed by atoms with Gasteiger partial charge in [0.05, 0.1) is 0 Å². The summed E-state index contributed by atoms with van der Waals surface area (Å²) < 4.78 is 0. The minimum Gasteiger partial charge on any atom is -0.345 e. The molecule has 0 spiro atoms. The van der Waals surface area contributed by atoms with E-state index < -0.39 is 0 Å². The van der Waals surface area contributed by atoms with Gasteiger partial charge in [-0.3, -0.25) is 4.79 Å². The van der Waals surface area contributed by atoms with E-state index in [9.17, 15) is 4.79 Å². The summed E-state index contributed by atoms with van der Waals surface area (Å²) >= 11 is 0. The molecule has 2 nitrogen and oxygen atoms in total. The average Bonchev–Trinajstić information content (AvgIpc) is 2.17. The maximum atomic E-state index is 10.8. The number of likely N-dealkylation sites (tertiary alicyclic amines) is 1. The van der Waals surface area contributed by atoms with Crippen LogP contribution in [-0.4, -0.2) is 24.4 Å². The summed E-state index contributed by atoms with van der Waals surface area (Å²) in [6, 6.07) is 0. The first-order chi connectivity index (χ1) is 6.53. The Bertz CT molecular complexity index is 190. The van der Waals surface area contributed by atoms with Crippen molar-refractivity contribution in [3.05, 3.63) is 0 Å². The maximum absolute atomic E-state index is 10.8. The van der Waals surface area contributed by atoms with Gasteiger partial charge in [0.1, 0.15) is 0 Å². The minimum absolute atomic E-state index is 0.346. The first-order valence-corrected chi connectivity index (χ1v) is 5.72. The van der Waals surface area contributed by atoms with Crippen molar-refractivity contribution in [2.75, 3.05) is 13.1 Å². The third-order valence-corrected chi connectivity index (χ3v) is 4.03. The molecule has 0 aliphatic carbocycles. The van der Waals surface area contributed by atoms with Crippen molar-refractivity contribution < 1.29 is 4.79 Å². The Morgan fingerprint density at radius 2 is 1.79 bits per heavy atom. The number of piperidine rings is 1. The van der Waals surface area contributed by atoms with Crippen molar-refractivity contribution in [1.82, 2.24) is 4.90 Å². The number of hydrogen-bond acceptors (Lipinski definition) is 1. The van der Waals surface area contributed by atoms with Crippen LogP contribution in [0.25, 0.3) is 0 Å². The van der Waals surface area contributed by atoms with E-state index in [0.29, 0.717) is 17.3 Å². The largest absolute Gasteiger partial charge is 0.345 e. The molecular formula is C12H23NO. The normalized spacial score (nSPS) is 21.7. The monoisotopic (exact) mass is 197 g/mol. The van der Waals surface area contributed by atoms with Crippen molar-refractivity contribution >= 4 is 6.41 Å². The van der Waals surface area contributed by atoms with Gasteiger partial charge in [-0.1, -0.05) is 27.7 Å². The van der Waals surface area contributed by atoms with Crippen LogP contribution in [0.15, 0.2) is 0 Å². The first-order valence-electron chi connectivity index (χ1n) is 5.72. The van der Waals surface area contributed by atoms with Gasteiger partial charge in [0.15, 0.2) is 0 Å². The molecule has 1 fully saturated rings. The van der Waals surface area contributed by atoms with E-state index in [0.717, 1.165) is 25.9 Å². The SMILES string of the molecule is CC(C)C1(C(C)C)CCCN(C=O)C1. The molecule has 1 heterocycles. The number of carbonyl (C=O) groups excluding carboxylic acids is 1. The van der Waals surface area contributed by atoms with E-state index >= 15 is 0 Å². The predicted molar refractivity (Wildman–Crippen MR) is 59.0 cm³/mol. The average molecular weight is 197 g/mol. The molecule has 0 aromatic rings. The molecule has 82 valence electrons. The zero-order valence-electron chi connectivity index (χ0n) is 9.92. The molecule has 1 amide bonds. The van der Waals surface area contributed by atoms with E-state index in [1.54, 1.807) is 0 Å². The molecule has 0 aromatic heterocycles. The quantitative estimate of drug-likeness (QED) is 0.637. The van der Waals surface area contributed by atoms with Crippen LogP contribution in [-0.2, 0) is 4.79 Å². The molecule has 1 aliphatic rings. The molecule has 0 N–H and O–H groups in total. The van der Waals surface area contributed by atoms with Gasteiger partial charge < -0.3 is 4.90 Å². The van der Waals surface area contributed by atoms with E-state index in [1.165, 1.54) is 6.42 Å². The molecule has 1 aliphatic heterocycles. The molecule has 0 bridgehead atoms. The van der Waals surface area contributed by atoms with Gasteiger partial charge in [-0.05, 0) is 30.1 Å². The zero-order chi connectivity index (χ0) is 10.8. The summed E-state index contributed by atoms with van der Waals surface area (Å²) in [4.78, 5) is 12.8. The molecule has 0 unspecified atom stereocenters. The van der Waals surface area contributed by atoms with Gasteiger partial charge in [0, 0.05) is 13.1 Å². The number of hydrogen-bond donors (Lipinski definition) is 0. The van der Waals surface area contributed by atoms with Crippen LogP contribution in [0.5, 0.6) is 0 Å². The molecule has 0 saturated carbocycles. The molecule has 14 heavy (non-hydrogen) atoms. The Balaban J connectivity index is 2.81. The van der Waals surface area contributed by atoms with Crippen molar-refractivity contribution in [3.63, 3.8) is 0 Å². The lowest BCUT2D eigenvalue weighted by Crippen LogP contribution is -2.48. The van der Waals surface area contributed by atoms with Gasteiger partial charge >= 0.3 is 0 Å². The highest BCUT2D eigenvalue weighted by Gasteiger charge is 2.40. The van der Waals surface area contributed by atoms with Crippen molar-refractivity contribution in [2.45, 2.75) is 40.5 Å². The fourth-order valence-electron chi connectivity index (χ4n) is 2.85. The number of nitrogens with zero attached hydrogens (tertiary/aromatic N) is 1.